The maximum atomic E-state index is 4.65. The molecule has 5 aromatic rings. The lowest BCUT2D eigenvalue weighted by Crippen LogP contribution is -2.44. The minimum atomic E-state index is 0.525. The number of H-pyrrole nitrogens is 1. The van der Waals surface area contributed by atoms with Gasteiger partial charge in [-0.1, -0.05) is 6.07 Å². The van der Waals surface area contributed by atoms with Crippen molar-refractivity contribution >= 4 is 39.4 Å². The molecule has 1 fully saturated rings. The van der Waals surface area contributed by atoms with E-state index >= 15 is 0 Å². The predicted molar refractivity (Wildman–Crippen MR) is 130 cm³/mol. The first-order valence-corrected chi connectivity index (χ1v) is 10.9. The van der Waals surface area contributed by atoms with Crippen LogP contribution in [-0.4, -0.2) is 68.0 Å². The van der Waals surface area contributed by atoms with Gasteiger partial charge in [0.05, 0.1) is 17.4 Å². The van der Waals surface area contributed by atoms with Crippen LogP contribution in [0.2, 0.25) is 0 Å². The van der Waals surface area contributed by atoms with Gasteiger partial charge in [0.25, 0.3) is 0 Å². The summed E-state index contributed by atoms with van der Waals surface area (Å²) in [6, 6.07) is 10.2. The van der Waals surface area contributed by atoms with Crippen LogP contribution >= 0.6 is 0 Å². The molecule has 1 aliphatic heterocycles. The molecular formula is C24H23N9. The number of piperazine rings is 1. The number of hydrogen-bond acceptors (Lipinski definition) is 8. The van der Waals surface area contributed by atoms with Gasteiger partial charge in [-0.15, -0.1) is 0 Å². The zero-order valence-corrected chi connectivity index (χ0v) is 18.2. The Kier molecular flexibility index (Phi) is 4.80. The third kappa shape index (κ3) is 3.83. The second kappa shape index (κ2) is 8.10. The smallest absolute Gasteiger partial charge is 0.229 e. The Morgan fingerprint density at radius 3 is 2.70 bits per heavy atom. The van der Waals surface area contributed by atoms with Crippen LogP contribution in [0.15, 0.2) is 61.4 Å². The Bertz CT molecular complexity index is 1420. The van der Waals surface area contributed by atoms with Crippen LogP contribution in [0.25, 0.3) is 33.1 Å². The number of anilines is 3. The fourth-order valence-corrected chi connectivity index (χ4v) is 4.17. The lowest BCUT2D eigenvalue weighted by Gasteiger charge is -2.33. The number of fused-ring (bicyclic) bond motifs is 2. The lowest BCUT2D eigenvalue weighted by molar-refractivity contribution is 0.312. The molecule has 4 aromatic heterocycles. The Morgan fingerprint density at radius 1 is 0.939 bits per heavy atom. The molecule has 0 aliphatic carbocycles. The van der Waals surface area contributed by atoms with Crippen molar-refractivity contribution in [3.05, 3.63) is 61.4 Å². The fourth-order valence-electron chi connectivity index (χ4n) is 4.17. The highest BCUT2D eigenvalue weighted by Gasteiger charge is 2.15. The van der Waals surface area contributed by atoms with Crippen molar-refractivity contribution < 1.29 is 0 Å². The van der Waals surface area contributed by atoms with Crippen molar-refractivity contribution in [2.75, 3.05) is 43.4 Å². The maximum Gasteiger partial charge on any atom is 0.229 e. The van der Waals surface area contributed by atoms with Crippen LogP contribution in [0.4, 0.5) is 17.5 Å². The normalized spacial score (nSPS) is 14.8. The van der Waals surface area contributed by atoms with E-state index in [2.05, 4.69) is 64.2 Å². The molecule has 0 bridgehead atoms. The molecule has 1 aromatic carbocycles. The third-order valence-corrected chi connectivity index (χ3v) is 6.08. The van der Waals surface area contributed by atoms with Crippen molar-refractivity contribution in [2.45, 2.75) is 0 Å². The number of likely N-dealkylation sites (N-methyl/N-ethyl adjacent to an activating group) is 1. The summed E-state index contributed by atoms with van der Waals surface area (Å²) >= 11 is 0. The van der Waals surface area contributed by atoms with E-state index in [1.807, 2.05) is 43.0 Å². The number of benzene rings is 1. The topological polar surface area (TPSA) is 98.8 Å². The second-order valence-corrected chi connectivity index (χ2v) is 8.27. The first-order chi connectivity index (χ1) is 16.2. The van der Waals surface area contributed by atoms with Crippen molar-refractivity contribution in [1.29, 1.82) is 0 Å². The van der Waals surface area contributed by atoms with Gasteiger partial charge in [0.1, 0.15) is 17.8 Å². The molecule has 0 unspecified atom stereocenters. The first kappa shape index (κ1) is 19.6. The van der Waals surface area contributed by atoms with E-state index in [4.69, 9.17) is 0 Å². The van der Waals surface area contributed by atoms with Crippen molar-refractivity contribution in [1.82, 2.24) is 34.8 Å². The highest BCUT2D eigenvalue weighted by atomic mass is 15.3. The summed E-state index contributed by atoms with van der Waals surface area (Å²) < 4.78 is 0. The van der Waals surface area contributed by atoms with Gasteiger partial charge in [0.15, 0.2) is 0 Å². The standard InChI is InChI=1S/C24H23N9/c1-32-6-8-33(9-7-32)22-5-3-18(12-26-22)30-24-28-14-20-19(13-27-23(20)31-24)16-2-4-21-17(10-16)11-25-15-29-21/h2-5,10-15H,6-9H2,1H3,(H2,27,28,30,31). The van der Waals surface area contributed by atoms with E-state index in [9.17, 15) is 0 Å². The number of hydrogen-bond donors (Lipinski definition) is 2. The minimum Gasteiger partial charge on any atom is -0.354 e. The van der Waals surface area contributed by atoms with Gasteiger partial charge in [0, 0.05) is 61.1 Å². The molecule has 0 saturated carbocycles. The molecule has 5 heterocycles. The number of aromatic nitrogens is 6. The molecule has 0 atom stereocenters. The average Bonchev–Trinajstić information content (AvgIpc) is 3.28. The fraction of sp³-hybridized carbons (Fsp3) is 0.208. The first-order valence-electron chi connectivity index (χ1n) is 10.9. The van der Waals surface area contributed by atoms with Crippen LogP contribution in [0.1, 0.15) is 0 Å². The predicted octanol–water partition coefficient (Wildman–Crippen LogP) is 3.46. The van der Waals surface area contributed by atoms with Gasteiger partial charge in [-0.25, -0.2) is 19.9 Å². The third-order valence-electron chi connectivity index (χ3n) is 6.08. The molecule has 0 amide bonds. The second-order valence-electron chi connectivity index (χ2n) is 8.27. The van der Waals surface area contributed by atoms with Gasteiger partial charge >= 0.3 is 0 Å². The number of aromatic amines is 1. The van der Waals surface area contributed by atoms with E-state index in [1.54, 1.807) is 6.33 Å². The van der Waals surface area contributed by atoms with Gasteiger partial charge in [-0.05, 0) is 36.9 Å². The van der Waals surface area contributed by atoms with E-state index in [0.29, 0.717) is 5.95 Å². The Hall–Kier alpha value is -4.11. The number of pyridine rings is 1. The molecule has 2 N–H and O–H groups in total. The summed E-state index contributed by atoms with van der Waals surface area (Å²) in [5.74, 6) is 1.52. The number of rotatable bonds is 4. The summed E-state index contributed by atoms with van der Waals surface area (Å²) in [5, 5.41) is 5.21. The zero-order chi connectivity index (χ0) is 22.2. The van der Waals surface area contributed by atoms with Crippen molar-refractivity contribution in [2.24, 2.45) is 0 Å². The van der Waals surface area contributed by atoms with Crippen molar-refractivity contribution in [3.8, 4) is 11.1 Å². The van der Waals surface area contributed by atoms with E-state index in [1.165, 1.54) is 0 Å². The van der Waals surface area contributed by atoms with E-state index in [0.717, 1.165) is 70.7 Å². The van der Waals surface area contributed by atoms with Crippen molar-refractivity contribution in [3.63, 3.8) is 0 Å². The van der Waals surface area contributed by atoms with Crippen LogP contribution in [0, 0.1) is 0 Å². The van der Waals surface area contributed by atoms with Gasteiger partial charge in [-0.3, -0.25) is 0 Å². The summed E-state index contributed by atoms with van der Waals surface area (Å²) in [4.78, 5) is 30.1. The Labute approximate surface area is 190 Å². The Morgan fingerprint density at radius 2 is 1.85 bits per heavy atom. The zero-order valence-electron chi connectivity index (χ0n) is 18.2. The molecule has 0 radical (unpaired) electrons. The highest BCUT2D eigenvalue weighted by molar-refractivity contribution is 5.96. The molecule has 1 aliphatic rings. The van der Waals surface area contributed by atoms with Gasteiger partial charge < -0.3 is 20.1 Å². The number of nitrogens with one attached hydrogen (secondary N) is 2. The minimum absolute atomic E-state index is 0.525. The molecule has 0 spiro atoms. The molecule has 164 valence electrons. The SMILES string of the molecule is CN1CCN(c2ccc(Nc3ncc4c(-c5ccc6ncncc6c5)c[nH]c4n3)cn2)CC1. The monoisotopic (exact) mass is 437 g/mol. The van der Waals surface area contributed by atoms with Gasteiger partial charge in [0.2, 0.25) is 5.95 Å². The van der Waals surface area contributed by atoms with Crippen LogP contribution in [0.3, 0.4) is 0 Å². The molecular weight excluding hydrogens is 414 g/mol. The molecule has 9 heteroatoms. The molecule has 33 heavy (non-hydrogen) atoms. The summed E-state index contributed by atoms with van der Waals surface area (Å²) in [6.45, 7) is 4.10. The van der Waals surface area contributed by atoms with E-state index in [-0.39, 0.29) is 0 Å². The molecule has 9 nitrogen and oxygen atoms in total. The maximum absolute atomic E-state index is 4.65. The lowest BCUT2D eigenvalue weighted by atomic mass is 10.0. The van der Waals surface area contributed by atoms with E-state index < -0.39 is 0 Å². The van der Waals surface area contributed by atoms with Crippen LogP contribution in [-0.2, 0) is 0 Å². The summed E-state index contributed by atoms with van der Waals surface area (Å²) in [7, 11) is 2.15. The van der Waals surface area contributed by atoms with Gasteiger partial charge in [-0.2, -0.15) is 4.98 Å². The molecule has 1 saturated heterocycles. The average molecular weight is 438 g/mol. The van der Waals surface area contributed by atoms with Crippen LogP contribution < -0.4 is 10.2 Å². The Balaban J connectivity index is 1.22. The largest absolute Gasteiger partial charge is 0.354 e. The highest BCUT2D eigenvalue weighted by Crippen LogP contribution is 2.30. The summed E-state index contributed by atoms with van der Waals surface area (Å²) in [6.07, 6.45) is 9.01. The quantitative estimate of drug-likeness (QED) is 0.441. The van der Waals surface area contributed by atoms with Crippen LogP contribution in [0.5, 0.6) is 0 Å². The summed E-state index contributed by atoms with van der Waals surface area (Å²) in [5.41, 5.74) is 4.66. The number of nitrogens with zero attached hydrogens (tertiary/aromatic N) is 7. The molecule has 6 rings (SSSR count).